The minimum atomic E-state index is -0.406. The molecule has 1 saturated carbocycles. The van der Waals surface area contributed by atoms with Crippen molar-refractivity contribution >= 4 is 17.7 Å². The van der Waals surface area contributed by atoms with E-state index in [9.17, 15) is 14.4 Å². The molecule has 17 heavy (non-hydrogen) atoms. The van der Waals surface area contributed by atoms with Crippen molar-refractivity contribution in [3.8, 4) is 0 Å². The Balaban J connectivity index is 2.03. The maximum atomic E-state index is 12.2. The summed E-state index contributed by atoms with van der Waals surface area (Å²) in [6, 6.07) is 0. The molecule has 0 aromatic carbocycles. The number of piperazine rings is 1. The molecule has 3 N–H and O–H groups in total. The van der Waals surface area contributed by atoms with Crippen LogP contribution in [0.2, 0.25) is 0 Å². The first kappa shape index (κ1) is 12.0. The molecule has 1 aliphatic heterocycles. The zero-order chi connectivity index (χ0) is 12.4. The van der Waals surface area contributed by atoms with Gasteiger partial charge in [-0.25, -0.2) is 0 Å². The number of amides is 3. The Bertz CT molecular complexity index is 340. The predicted octanol–water partition coefficient (Wildman–Crippen LogP) is -1.15. The lowest BCUT2D eigenvalue weighted by molar-refractivity contribution is -0.148. The lowest BCUT2D eigenvalue weighted by Gasteiger charge is -2.29. The van der Waals surface area contributed by atoms with Gasteiger partial charge >= 0.3 is 0 Å². The monoisotopic (exact) mass is 239 g/mol. The summed E-state index contributed by atoms with van der Waals surface area (Å²) in [5.74, 6) is -0.823. The van der Waals surface area contributed by atoms with Gasteiger partial charge in [-0.15, -0.1) is 0 Å². The number of carbonyl (C=O) groups excluding carboxylic acids is 3. The maximum Gasteiger partial charge on any atom is 0.246 e. The quantitative estimate of drug-likeness (QED) is 0.595. The number of hydrogen-bond donors (Lipinski definition) is 2. The molecule has 94 valence electrons. The summed E-state index contributed by atoms with van der Waals surface area (Å²) in [4.78, 5) is 36.0. The molecule has 6 nitrogen and oxygen atoms in total. The molecule has 2 atom stereocenters. The van der Waals surface area contributed by atoms with Gasteiger partial charge in [-0.2, -0.15) is 0 Å². The zero-order valence-electron chi connectivity index (χ0n) is 9.65. The molecule has 1 aliphatic carbocycles. The van der Waals surface area contributed by atoms with Crippen LogP contribution >= 0.6 is 0 Å². The third-order valence-corrected chi connectivity index (χ3v) is 3.54. The van der Waals surface area contributed by atoms with Gasteiger partial charge in [-0.1, -0.05) is 6.42 Å². The summed E-state index contributed by atoms with van der Waals surface area (Å²) in [5, 5.41) is 2.18. The summed E-state index contributed by atoms with van der Waals surface area (Å²) in [5.41, 5.74) is 5.63. The highest BCUT2D eigenvalue weighted by Gasteiger charge is 2.37. The average molecular weight is 239 g/mol. The Morgan fingerprint density at radius 3 is 2.53 bits per heavy atom. The molecule has 1 saturated heterocycles. The molecule has 2 fully saturated rings. The van der Waals surface area contributed by atoms with Crippen LogP contribution in [-0.2, 0) is 14.4 Å². The molecule has 0 aromatic rings. The Morgan fingerprint density at radius 2 is 1.94 bits per heavy atom. The Morgan fingerprint density at radius 1 is 1.29 bits per heavy atom. The van der Waals surface area contributed by atoms with E-state index < -0.39 is 11.8 Å². The molecule has 0 radical (unpaired) electrons. The lowest BCUT2D eigenvalue weighted by Crippen LogP contribution is -2.55. The van der Waals surface area contributed by atoms with Crippen molar-refractivity contribution in [1.29, 1.82) is 0 Å². The van der Waals surface area contributed by atoms with Crippen molar-refractivity contribution < 1.29 is 14.4 Å². The SMILES string of the molecule is NCC1CCCC1C(=O)N1CC(=O)NC(=O)C1. The third kappa shape index (κ3) is 2.46. The summed E-state index contributed by atoms with van der Waals surface area (Å²) in [6.45, 7) is 0.459. The largest absolute Gasteiger partial charge is 0.330 e. The topological polar surface area (TPSA) is 92.5 Å². The Hall–Kier alpha value is -1.43. The van der Waals surface area contributed by atoms with Crippen LogP contribution < -0.4 is 11.1 Å². The van der Waals surface area contributed by atoms with E-state index in [0.29, 0.717) is 6.54 Å². The van der Waals surface area contributed by atoms with Crippen molar-refractivity contribution in [3.05, 3.63) is 0 Å². The standard InChI is InChI=1S/C11H17N3O3/c12-4-7-2-1-3-8(7)11(17)14-5-9(15)13-10(16)6-14/h7-8H,1-6,12H2,(H,13,15,16). The Labute approximate surface area is 99.5 Å². The highest BCUT2D eigenvalue weighted by atomic mass is 16.2. The number of imide groups is 1. The van der Waals surface area contributed by atoms with E-state index in [-0.39, 0.29) is 30.8 Å². The summed E-state index contributed by atoms with van der Waals surface area (Å²) >= 11 is 0. The minimum absolute atomic E-state index is 0.0155. The van der Waals surface area contributed by atoms with Gasteiger partial charge in [0.2, 0.25) is 17.7 Å². The average Bonchev–Trinajstić information content (AvgIpc) is 2.74. The fourth-order valence-corrected chi connectivity index (χ4v) is 2.67. The molecule has 1 heterocycles. The molecular formula is C11H17N3O3. The third-order valence-electron chi connectivity index (χ3n) is 3.54. The molecule has 3 amide bonds. The smallest absolute Gasteiger partial charge is 0.246 e. The van der Waals surface area contributed by atoms with Crippen LogP contribution in [0.4, 0.5) is 0 Å². The van der Waals surface area contributed by atoms with Gasteiger partial charge in [-0.05, 0) is 25.3 Å². The van der Waals surface area contributed by atoms with Crippen molar-refractivity contribution in [1.82, 2.24) is 10.2 Å². The molecule has 0 aromatic heterocycles. The normalized spacial score (nSPS) is 29.4. The summed E-state index contributed by atoms with van der Waals surface area (Å²) < 4.78 is 0. The molecule has 6 heteroatoms. The van der Waals surface area contributed by atoms with E-state index in [0.717, 1.165) is 19.3 Å². The summed E-state index contributed by atoms with van der Waals surface area (Å²) in [6.07, 6.45) is 2.76. The predicted molar refractivity (Wildman–Crippen MR) is 59.6 cm³/mol. The van der Waals surface area contributed by atoms with E-state index in [1.165, 1.54) is 4.90 Å². The number of hydrogen-bond acceptors (Lipinski definition) is 4. The second-order valence-electron chi connectivity index (χ2n) is 4.70. The van der Waals surface area contributed by atoms with Crippen LogP contribution in [0.1, 0.15) is 19.3 Å². The molecule has 2 unspecified atom stereocenters. The van der Waals surface area contributed by atoms with Crippen LogP contribution in [0, 0.1) is 11.8 Å². The van der Waals surface area contributed by atoms with Crippen LogP contribution in [0.15, 0.2) is 0 Å². The first-order valence-electron chi connectivity index (χ1n) is 5.93. The first-order valence-corrected chi connectivity index (χ1v) is 5.93. The molecule has 2 aliphatic rings. The van der Waals surface area contributed by atoms with E-state index in [1.807, 2.05) is 0 Å². The summed E-state index contributed by atoms with van der Waals surface area (Å²) in [7, 11) is 0. The maximum absolute atomic E-state index is 12.2. The van der Waals surface area contributed by atoms with E-state index in [2.05, 4.69) is 5.32 Å². The van der Waals surface area contributed by atoms with E-state index in [1.54, 1.807) is 0 Å². The highest BCUT2D eigenvalue weighted by Crippen LogP contribution is 2.32. The number of nitrogens with two attached hydrogens (primary N) is 1. The van der Waals surface area contributed by atoms with Gasteiger partial charge in [0, 0.05) is 5.92 Å². The molecular weight excluding hydrogens is 222 g/mol. The molecule has 0 bridgehead atoms. The van der Waals surface area contributed by atoms with Gasteiger partial charge in [-0.3, -0.25) is 19.7 Å². The van der Waals surface area contributed by atoms with Crippen LogP contribution in [0.25, 0.3) is 0 Å². The minimum Gasteiger partial charge on any atom is -0.330 e. The van der Waals surface area contributed by atoms with E-state index in [4.69, 9.17) is 5.73 Å². The fraction of sp³-hybridized carbons (Fsp3) is 0.727. The number of nitrogens with zero attached hydrogens (tertiary/aromatic N) is 1. The van der Waals surface area contributed by atoms with Crippen molar-refractivity contribution in [2.45, 2.75) is 19.3 Å². The molecule has 0 spiro atoms. The number of rotatable bonds is 2. The van der Waals surface area contributed by atoms with Gasteiger partial charge in [0.05, 0.1) is 0 Å². The van der Waals surface area contributed by atoms with Crippen molar-refractivity contribution in [2.75, 3.05) is 19.6 Å². The number of carbonyl (C=O) groups is 3. The Kier molecular flexibility index (Phi) is 3.42. The van der Waals surface area contributed by atoms with Crippen LogP contribution in [0.3, 0.4) is 0 Å². The second kappa shape index (κ2) is 4.83. The van der Waals surface area contributed by atoms with Crippen molar-refractivity contribution in [3.63, 3.8) is 0 Å². The van der Waals surface area contributed by atoms with Gasteiger partial charge in [0.25, 0.3) is 0 Å². The second-order valence-corrected chi connectivity index (χ2v) is 4.70. The van der Waals surface area contributed by atoms with E-state index >= 15 is 0 Å². The number of nitrogens with one attached hydrogen (secondary N) is 1. The molecule has 2 rings (SSSR count). The van der Waals surface area contributed by atoms with Gasteiger partial charge in [0.1, 0.15) is 13.1 Å². The first-order chi connectivity index (χ1) is 8.11. The zero-order valence-corrected chi connectivity index (χ0v) is 9.65. The van der Waals surface area contributed by atoms with Crippen molar-refractivity contribution in [2.24, 2.45) is 17.6 Å². The highest BCUT2D eigenvalue weighted by molar-refractivity contribution is 6.02. The van der Waals surface area contributed by atoms with Gasteiger partial charge in [0.15, 0.2) is 0 Å². The van der Waals surface area contributed by atoms with Crippen LogP contribution in [0.5, 0.6) is 0 Å². The lowest BCUT2D eigenvalue weighted by atomic mass is 9.94. The van der Waals surface area contributed by atoms with Crippen LogP contribution in [-0.4, -0.2) is 42.3 Å². The fourth-order valence-electron chi connectivity index (χ4n) is 2.67. The van der Waals surface area contributed by atoms with Gasteiger partial charge < -0.3 is 10.6 Å².